The Labute approximate surface area is 188 Å². The van der Waals surface area contributed by atoms with Crippen molar-refractivity contribution in [3.8, 4) is 0 Å². The molecule has 2 aliphatic heterocycles. The SMILES string of the molecule is Cn1cc(CN2CCC(c3ccc(C(=O)N4CCCCC4)cn3)CC2)c2cc(F)ccc21. The Morgan fingerprint density at radius 3 is 2.56 bits per heavy atom. The minimum atomic E-state index is -0.183. The Kier molecular flexibility index (Phi) is 5.96. The Bertz CT molecular complexity index is 1090. The van der Waals surface area contributed by atoms with Gasteiger partial charge < -0.3 is 9.47 Å². The lowest BCUT2D eigenvalue weighted by Gasteiger charge is -2.31. The Hall–Kier alpha value is -2.73. The number of rotatable bonds is 4. The van der Waals surface area contributed by atoms with Crippen molar-refractivity contribution in [2.45, 2.75) is 44.6 Å². The standard InChI is InChI=1S/C26H31FN4O/c1-29-17-21(23-15-22(27)6-8-25(23)29)18-30-13-9-19(10-14-30)24-7-5-20(16-28-24)26(32)31-11-3-2-4-12-31/h5-8,15-17,19H,2-4,9-14,18H2,1H3. The van der Waals surface area contributed by atoms with E-state index in [1.165, 1.54) is 18.1 Å². The highest BCUT2D eigenvalue weighted by Gasteiger charge is 2.24. The first-order valence-corrected chi connectivity index (χ1v) is 11.8. The van der Waals surface area contributed by atoms with E-state index in [4.69, 9.17) is 0 Å². The number of hydrogen-bond acceptors (Lipinski definition) is 3. The van der Waals surface area contributed by atoms with Crippen LogP contribution in [-0.4, -0.2) is 51.4 Å². The molecule has 0 atom stereocenters. The molecule has 6 heteroatoms. The van der Waals surface area contributed by atoms with Crippen molar-refractivity contribution in [1.82, 2.24) is 19.4 Å². The molecule has 2 saturated heterocycles. The number of carbonyl (C=O) groups excluding carboxylic acids is 1. The fraction of sp³-hybridized carbons (Fsp3) is 0.462. The summed E-state index contributed by atoms with van der Waals surface area (Å²) in [6, 6.07) is 9.02. The number of aryl methyl sites for hydroxylation is 1. The van der Waals surface area contributed by atoms with E-state index in [2.05, 4.69) is 20.6 Å². The highest BCUT2D eigenvalue weighted by Crippen LogP contribution is 2.29. The average Bonchev–Trinajstić information content (AvgIpc) is 3.14. The molecule has 0 saturated carbocycles. The van der Waals surface area contributed by atoms with Crippen LogP contribution >= 0.6 is 0 Å². The van der Waals surface area contributed by atoms with Crippen LogP contribution < -0.4 is 0 Å². The quantitative estimate of drug-likeness (QED) is 0.597. The predicted octanol–water partition coefficient (Wildman–Crippen LogP) is 4.72. The normalized spacial score (nSPS) is 18.4. The van der Waals surface area contributed by atoms with E-state index >= 15 is 0 Å². The molecule has 5 nitrogen and oxygen atoms in total. The second-order valence-corrected chi connectivity index (χ2v) is 9.30. The van der Waals surface area contributed by atoms with Gasteiger partial charge in [-0.3, -0.25) is 14.7 Å². The van der Waals surface area contributed by atoms with Gasteiger partial charge in [-0.25, -0.2) is 4.39 Å². The fourth-order valence-corrected chi connectivity index (χ4v) is 5.25. The van der Waals surface area contributed by atoms with E-state index < -0.39 is 0 Å². The number of hydrogen-bond donors (Lipinski definition) is 0. The van der Waals surface area contributed by atoms with Crippen LogP contribution in [0.1, 0.15) is 59.6 Å². The van der Waals surface area contributed by atoms with Gasteiger partial charge in [0.05, 0.1) is 5.56 Å². The topological polar surface area (TPSA) is 41.4 Å². The van der Waals surface area contributed by atoms with Gasteiger partial charge >= 0.3 is 0 Å². The molecule has 1 aromatic carbocycles. The maximum atomic E-state index is 13.8. The summed E-state index contributed by atoms with van der Waals surface area (Å²) in [5.74, 6) is 0.359. The second kappa shape index (κ2) is 9.02. The number of carbonyl (C=O) groups is 1. The number of piperidine rings is 2. The molecule has 2 aromatic heterocycles. The van der Waals surface area contributed by atoms with Crippen LogP contribution in [0.4, 0.5) is 4.39 Å². The molecule has 0 aliphatic carbocycles. The summed E-state index contributed by atoms with van der Waals surface area (Å²) >= 11 is 0. The van der Waals surface area contributed by atoms with Gasteiger partial charge in [0, 0.05) is 61.6 Å². The third-order valence-electron chi connectivity index (χ3n) is 7.11. The summed E-state index contributed by atoms with van der Waals surface area (Å²) in [6.45, 7) is 4.55. The van der Waals surface area contributed by atoms with Crippen LogP contribution in [0.3, 0.4) is 0 Å². The monoisotopic (exact) mass is 434 g/mol. The zero-order valence-corrected chi connectivity index (χ0v) is 18.8. The third-order valence-corrected chi connectivity index (χ3v) is 7.11. The number of pyridine rings is 1. The van der Waals surface area contributed by atoms with Gasteiger partial charge in [0.25, 0.3) is 5.91 Å². The van der Waals surface area contributed by atoms with Crippen molar-refractivity contribution < 1.29 is 9.18 Å². The lowest BCUT2D eigenvalue weighted by atomic mass is 9.92. The molecule has 0 radical (unpaired) electrons. The van der Waals surface area contributed by atoms with Crippen molar-refractivity contribution in [2.24, 2.45) is 7.05 Å². The van der Waals surface area contributed by atoms with Gasteiger partial charge in [-0.15, -0.1) is 0 Å². The molecule has 2 fully saturated rings. The zero-order valence-electron chi connectivity index (χ0n) is 18.8. The molecule has 2 aliphatic rings. The molecule has 32 heavy (non-hydrogen) atoms. The Balaban J connectivity index is 1.20. The van der Waals surface area contributed by atoms with Gasteiger partial charge in [-0.05, 0) is 81.1 Å². The van der Waals surface area contributed by atoms with Crippen LogP contribution in [0.2, 0.25) is 0 Å². The molecule has 5 rings (SSSR count). The number of likely N-dealkylation sites (tertiary alicyclic amines) is 2. The molecule has 0 spiro atoms. The van der Waals surface area contributed by atoms with Gasteiger partial charge in [0.2, 0.25) is 0 Å². The maximum absolute atomic E-state index is 13.8. The first-order valence-electron chi connectivity index (χ1n) is 11.8. The van der Waals surface area contributed by atoms with Crippen molar-refractivity contribution in [1.29, 1.82) is 0 Å². The number of nitrogens with zero attached hydrogens (tertiary/aromatic N) is 4. The van der Waals surface area contributed by atoms with Crippen molar-refractivity contribution >= 4 is 16.8 Å². The van der Waals surface area contributed by atoms with Crippen molar-refractivity contribution in [2.75, 3.05) is 26.2 Å². The Morgan fingerprint density at radius 2 is 1.84 bits per heavy atom. The molecule has 0 N–H and O–H groups in total. The fourth-order valence-electron chi connectivity index (χ4n) is 5.25. The summed E-state index contributed by atoms with van der Waals surface area (Å²) in [5.41, 5.74) is 4.04. The molecular formula is C26H31FN4O. The summed E-state index contributed by atoms with van der Waals surface area (Å²) in [4.78, 5) is 21.7. The highest BCUT2D eigenvalue weighted by molar-refractivity contribution is 5.94. The van der Waals surface area contributed by atoms with Gasteiger partial charge in [0.1, 0.15) is 5.82 Å². The van der Waals surface area contributed by atoms with E-state index in [1.54, 1.807) is 12.3 Å². The van der Waals surface area contributed by atoms with E-state index in [0.29, 0.717) is 11.5 Å². The molecule has 3 aromatic rings. The van der Waals surface area contributed by atoms with E-state index in [-0.39, 0.29) is 11.7 Å². The molecular weight excluding hydrogens is 403 g/mol. The van der Waals surface area contributed by atoms with E-state index in [1.807, 2.05) is 30.1 Å². The summed E-state index contributed by atoms with van der Waals surface area (Å²) in [5, 5.41) is 1.00. The zero-order chi connectivity index (χ0) is 22.1. The van der Waals surface area contributed by atoms with Crippen LogP contribution in [0.5, 0.6) is 0 Å². The van der Waals surface area contributed by atoms with E-state index in [9.17, 15) is 9.18 Å². The predicted molar refractivity (Wildman–Crippen MR) is 124 cm³/mol. The lowest BCUT2D eigenvalue weighted by Crippen LogP contribution is -2.35. The number of fused-ring (bicyclic) bond motifs is 1. The van der Waals surface area contributed by atoms with Gasteiger partial charge in [0.15, 0.2) is 0 Å². The Morgan fingerprint density at radius 1 is 1.06 bits per heavy atom. The van der Waals surface area contributed by atoms with E-state index in [0.717, 1.165) is 75.0 Å². The minimum Gasteiger partial charge on any atom is -0.350 e. The van der Waals surface area contributed by atoms with Crippen LogP contribution in [0.15, 0.2) is 42.7 Å². The number of benzene rings is 1. The van der Waals surface area contributed by atoms with Crippen molar-refractivity contribution in [3.63, 3.8) is 0 Å². The smallest absolute Gasteiger partial charge is 0.255 e. The molecule has 1 amide bonds. The summed E-state index contributed by atoms with van der Waals surface area (Å²) in [7, 11) is 2.02. The number of aromatic nitrogens is 2. The summed E-state index contributed by atoms with van der Waals surface area (Å²) < 4.78 is 15.9. The minimum absolute atomic E-state index is 0.116. The van der Waals surface area contributed by atoms with Crippen LogP contribution in [0.25, 0.3) is 10.9 Å². The molecule has 4 heterocycles. The lowest BCUT2D eigenvalue weighted by molar-refractivity contribution is 0.0724. The van der Waals surface area contributed by atoms with Gasteiger partial charge in [-0.1, -0.05) is 0 Å². The molecule has 0 unspecified atom stereocenters. The number of halogens is 1. The first-order chi connectivity index (χ1) is 15.6. The largest absolute Gasteiger partial charge is 0.350 e. The van der Waals surface area contributed by atoms with Crippen molar-refractivity contribution in [3.05, 3.63) is 65.4 Å². The highest BCUT2D eigenvalue weighted by atomic mass is 19.1. The van der Waals surface area contributed by atoms with Crippen LogP contribution in [0, 0.1) is 5.82 Å². The molecule has 168 valence electrons. The maximum Gasteiger partial charge on any atom is 0.255 e. The first kappa shape index (κ1) is 21.1. The van der Waals surface area contributed by atoms with Gasteiger partial charge in [-0.2, -0.15) is 0 Å². The number of amides is 1. The average molecular weight is 435 g/mol. The third kappa shape index (κ3) is 4.29. The summed E-state index contributed by atoms with van der Waals surface area (Å²) in [6.07, 6.45) is 9.40. The molecule has 0 bridgehead atoms. The second-order valence-electron chi connectivity index (χ2n) is 9.30. The van der Waals surface area contributed by atoms with Crippen LogP contribution in [-0.2, 0) is 13.6 Å².